The fraction of sp³-hybridized carbons (Fsp3) is 0.462. The summed E-state index contributed by atoms with van der Waals surface area (Å²) >= 11 is 6.81. The van der Waals surface area contributed by atoms with E-state index in [-0.39, 0.29) is 0 Å². The summed E-state index contributed by atoms with van der Waals surface area (Å²) in [4.78, 5) is 3.67. The molecule has 1 heterocycles. The van der Waals surface area contributed by atoms with Crippen molar-refractivity contribution in [1.29, 1.82) is 0 Å². The largest absolute Gasteiger partial charge is 0.389 e. The lowest BCUT2D eigenvalue weighted by Gasteiger charge is -2.24. The molecule has 1 aliphatic rings. The van der Waals surface area contributed by atoms with Gasteiger partial charge in [-0.05, 0) is 31.7 Å². The molecule has 0 saturated carbocycles. The smallest absolute Gasteiger partial charge is 0.107 e. The molecule has 1 aromatic carbocycles. The van der Waals surface area contributed by atoms with Crippen molar-refractivity contribution in [2.45, 2.75) is 23.8 Å². The zero-order valence-electron chi connectivity index (χ0n) is 10.6. The Morgan fingerprint density at radius 2 is 2.28 bits per heavy atom. The average molecular weight is 282 g/mol. The average Bonchev–Trinajstić information content (AvgIpc) is 2.68. The molecule has 0 aromatic heterocycles. The van der Waals surface area contributed by atoms with E-state index in [9.17, 15) is 5.11 Å². The lowest BCUT2D eigenvalue weighted by molar-refractivity contribution is 0.0839. The minimum absolute atomic E-state index is 0.418. The summed E-state index contributed by atoms with van der Waals surface area (Å²) < 4.78 is 0. The van der Waals surface area contributed by atoms with Crippen molar-refractivity contribution in [1.82, 2.24) is 0 Å². The molecule has 0 aliphatic carbocycles. The maximum Gasteiger partial charge on any atom is 0.107 e. The van der Waals surface area contributed by atoms with Crippen LogP contribution in [0.3, 0.4) is 0 Å². The molecule has 0 bridgehead atoms. The monoisotopic (exact) mass is 282 g/mol. The van der Waals surface area contributed by atoms with E-state index in [1.54, 1.807) is 11.8 Å². The van der Waals surface area contributed by atoms with Crippen LogP contribution in [-0.4, -0.2) is 35.0 Å². The van der Waals surface area contributed by atoms with Crippen molar-refractivity contribution in [3.63, 3.8) is 0 Å². The Bertz CT molecular complexity index is 474. The molecule has 3 nitrogen and oxygen atoms in total. The number of thioether (sulfide) groups is 1. The normalized spacial score (nSPS) is 23.4. The Morgan fingerprint density at radius 1 is 1.56 bits per heavy atom. The van der Waals surface area contributed by atoms with E-state index in [0.29, 0.717) is 11.5 Å². The molecule has 0 amide bonds. The molecule has 1 aromatic rings. The van der Waals surface area contributed by atoms with Gasteiger partial charge in [0.15, 0.2) is 0 Å². The second-order valence-electron chi connectivity index (χ2n) is 4.89. The third kappa shape index (κ3) is 2.63. The highest BCUT2D eigenvalue weighted by Crippen LogP contribution is 2.33. The molecule has 1 atom stereocenters. The van der Waals surface area contributed by atoms with Crippen molar-refractivity contribution in [2.75, 3.05) is 24.2 Å². The van der Waals surface area contributed by atoms with Crippen LogP contribution in [0.4, 0.5) is 5.69 Å². The van der Waals surface area contributed by atoms with Crippen molar-refractivity contribution in [3.05, 3.63) is 23.8 Å². The third-order valence-electron chi connectivity index (χ3n) is 3.26. The van der Waals surface area contributed by atoms with Crippen molar-refractivity contribution >= 4 is 34.7 Å². The molecule has 5 heteroatoms. The first-order valence-electron chi connectivity index (χ1n) is 5.89. The molecular formula is C13H18N2OS2. The summed E-state index contributed by atoms with van der Waals surface area (Å²) in [6, 6.07) is 6.06. The fourth-order valence-electron chi connectivity index (χ4n) is 2.35. The Kier molecular flexibility index (Phi) is 3.84. The van der Waals surface area contributed by atoms with E-state index in [2.05, 4.69) is 4.90 Å². The molecule has 98 valence electrons. The van der Waals surface area contributed by atoms with Gasteiger partial charge < -0.3 is 15.7 Å². The zero-order chi connectivity index (χ0) is 13.3. The van der Waals surface area contributed by atoms with Crippen LogP contribution in [0.2, 0.25) is 0 Å². The van der Waals surface area contributed by atoms with Crippen LogP contribution in [0.15, 0.2) is 23.1 Å². The fourth-order valence-corrected chi connectivity index (χ4v) is 3.26. The van der Waals surface area contributed by atoms with Crippen molar-refractivity contribution < 1.29 is 5.11 Å². The number of nitrogens with zero attached hydrogens (tertiary/aromatic N) is 1. The van der Waals surface area contributed by atoms with Gasteiger partial charge in [0.05, 0.1) is 5.60 Å². The summed E-state index contributed by atoms with van der Waals surface area (Å²) in [5.74, 6) is 0. The summed E-state index contributed by atoms with van der Waals surface area (Å²) in [7, 11) is 0. The zero-order valence-corrected chi connectivity index (χ0v) is 12.3. The number of benzene rings is 1. The van der Waals surface area contributed by atoms with Crippen LogP contribution in [0.1, 0.15) is 18.9 Å². The van der Waals surface area contributed by atoms with Crippen molar-refractivity contribution in [3.8, 4) is 0 Å². The number of rotatable bonds is 3. The first-order chi connectivity index (χ1) is 8.44. The van der Waals surface area contributed by atoms with Crippen molar-refractivity contribution in [2.24, 2.45) is 5.73 Å². The quantitative estimate of drug-likeness (QED) is 0.656. The third-order valence-corrected chi connectivity index (χ3v) is 4.25. The lowest BCUT2D eigenvalue weighted by Crippen LogP contribution is -2.31. The SMILES string of the molecule is CSc1cccc(N2CCC(C)(O)C2)c1C(N)=S. The van der Waals surface area contributed by atoms with Gasteiger partial charge in [0, 0.05) is 29.2 Å². The number of hydrogen-bond donors (Lipinski definition) is 2. The van der Waals surface area contributed by atoms with E-state index in [0.717, 1.165) is 29.1 Å². The van der Waals surface area contributed by atoms with E-state index in [1.165, 1.54) is 0 Å². The van der Waals surface area contributed by atoms with Crippen LogP contribution in [-0.2, 0) is 0 Å². The standard InChI is InChI=1S/C13H18N2OS2/c1-13(16)6-7-15(8-13)9-4-3-5-10(18-2)11(9)12(14)17/h3-5,16H,6-8H2,1-2H3,(H2,14,17). The molecule has 0 spiro atoms. The summed E-state index contributed by atoms with van der Waals surface area (Å²) in [6.07, 6.45) is 2.79. The molecular weight excluding hydrogens is 264 g/mol. The van der Waals surface area contributed by atoms with E-state index >= 15 is 0 Å². The van der Waals surface area contributed by atoms with Gasteiger partial charge in [-0.15, -0.1) is 11.8 Å². The summed E-state index contributed by atoms with van der Waals surface area (Å²) in [5, 5.41) is 10.1. The Labute approximate surface area is 117 Å². The van der Waals surface area contributed by atoms with E-state index in [1.807, 2.05) is 31.4 Å². The van der Waals surface area contributed by atoms with Gasteiger partial charge in [0.25, 0.3) is 0 Å². The van der Waals surface area contributed by atoms with Gasteiger partial charge in [0.2, 0.25) is 0 Å². The van der Waals surface area contributed by atoms with Gasteiger partial charge in [-0.25, -0.2) is 0 Å². The Hall–Kier alpha value is -0.780. The van der Waals surface area contributed by atoms with E-state index in [4.69, 9.17) is 18.0 Å². The van der Waals surface area contributed by atoms with Gasteiger partial charge in [-0.2, -0.15) is 0 Å². The van der Waals surface area contributed by atoms with Gasteiger partial charge in [-0.3, -0.25) is 0 Å². The van der Waals surface area contributed by atoms with Gasteiger partial charge >= 0.3 is 0 Å². The Balaban J connectivity index is 2.42. The number of β-amino-alcohol motifs (C(OH)–C–C–N with tert-alkyl or cyclic N) is 1. The van der Waals surface area contributed by atoms with Crippen LogP contribution < -0.4 is 10.6 Å². The Morgan fingerprint density at radius 3 is 2.78 bits per heavy atom. The minimum atomic E-state index is -0.622. The molecule has 0 radical (unpaired) electrons. The molecule has 3 N–H and O–H groups in total. The van der Waals surface area contributed by atoms with Crippen LogP contribution in [0, 0.1) is 0 Å². The lowest BCUT2D eigenvalue weighted by atomic mass is 10.1. The molecule has 2 rings (SSSR count). The van der Waals surface area contributed by atoms with E-state index < -0.39 is 5.60 Å². The molecule has 1 saturated heterocycles. The maximum atomic E-state index is 10.1. The highest BCUT2D eigenvalue weighted by Gasteiger charge is 2.32. The molecule has 1 fully saturated rings. The number of anilines is 1. The highest BCUT2D eigenvalue weighted by atomic mass is 32.2. The summed E-state index contributed by atoms with van der Waals surface area (Å²) in [6.45, 7) is 3.33. The topological polar surface area (TPSA) is 49.5 Å². The predicted molar refractivity (Wildman–Crippen MR) is 81.6 cm³/mol. The first kappa shape index (κ1) is 13.6. The highest BCUT2D eigenvalue weighted by molar-refractivity contribution is 7.98. The van der Waals surface area contributed by atoms with Gasteiger partial charge in [0.1, 0.15) is 4.99 Å². The second-order valence-corrected chi connectivity index (χ2v) is 6.18. The number of nitrogens with two attached hydrogens (primary N) is 1. The second kappa shape index (κ2) is 5.07. The predicted octanol–water partition coefficient (Wildman–Crippen LogP) is 2.00. The molecule has 1 aliphatic heterocycles. The maximum absolute atomic E-state index is 10.1. The van der Waals surface area contributed by atoms with Crippen LogP contribution in [0.25, 0.3) is 0 Å². The molecule has 18 heavy (non-hydrogen) atoms. The summed E-state index contributed by atoms with van der Waals surface area (Å²) in [5.41, 5.74) is 7.20. The number of thiocarbonyl (C=S) groups is 1. The number of aliphatic hydroxyl groups is 1. The first-order valence-corrected chi connectivity index (χ1v) is 7.52. The minimum Gasteiger partial charge on any atom is -0.389 e. The number of hydrogen-bond acceptors (Lipinski definition) is 4. The van der Waals surface area contributed by atoms with Crippen LogP contribution >= 0.6 is 24.0 Å². The van der Waals surface area contributed by atoms with Gasteiger partial charge in [-0.1, -0.05) is 18.3 Å². The van der Waals surface area contributed by atoms with Crippen LogP contribution in [0.5, 0.6) is 0 Å². The molecule has 1 unspecified atom stereocenters.